The number of hydrogen-bond donors (Lipinski definition) is 0. The van der Waals surface area contributed by atoms with Crippen molar-refractivity contribution in [1.82, 2.24) is 0 Å². The number of ketones is 4. The van der Waals surface area contributed by atoms with Gasteiger partial charge >= 0.3 is 17.9 Å². The molecule has 10 aliphatic carbocycles. The van der Waals surface area contributed by atoms with E-state index in [0.29, 0.717) is 70.6 Å². The zero-order valence-corrected chi connectivity index (χ0v) is 26.9. The fourth-order valence-electron chi connectivity index (χ4n) is 12.5. The summed E-state index contributed by atoms with van der Waals surface area (Å²) in [6.45, 7) is 1.45. The molecule has 6 unspecified atom stereocenters. The predicted octanol–water partition coefficient (Wildman–Crippen LogP) is 4.03. The molecule has 10 rings (SSSR count). The van der Waals surface area contributed by atoms with Crippen LogP contribution in [-0.4, -0.2) is 59.4 Å². The van der Waals surface area contributed by atoms with Crippen molar-refractivity contribution in [2.75, 3.05) is 7.11 Å². The predicted molar refractivity (Wildman–Crippen MR) is 157 cm³/mol. The summed E-state index contributed by atoms with van der Waals surface area (Å²) in [5, 5.41) is 0. The van der Waals surface area contributed by atoms with Crippen molar-refractivity contribution in [3.8, 4) is 0 Å². The Labute approximate surface area is 268 Å². The highest BCUT2D eigenvalue weighted by Crippen LogP contribution is 2.66. The molecular formula is C36H44O10. The summed E-state index contributed by atoms with van der Waals surface area (Å²) in [5.74, 6) is -3.46. The van der Waals surface area contributed by atoms with E-state index in [4.69, 9.17) is 14.2 Å². The first-order valence-corrected chi connectivity index (χ1v) is 17.4. The number of Topliss-reactive ketones (excluding diaryl/α,β-unsaturated/α-hetero) is 4. The van der Waals surface area contributed by atoms with Crippen LogP contribution in [-0.2, 0) is 47.8 Å². The van der Waals surface area contributed by atoms with Crippen molar-refractivity contribution in [2.24, 2.45) is 51.8 Å². The lowest BCUT2D eigenvalue weighted by molar-refractivity contribution is -0.235. The van der Waals surface area contributed by atoms with Gasteiger partial charge in [0.15, 0.2) is 0 Å². The normalized spacial score (nSPS) is 48.0. The third-order valence-corrected chi connectivity index (χ3v) is 14.2. The number of methoxy groups -OCH3 is 1. The standard InChI is InChI=1S/C36H44O10/c1-19(37)32(6-20-4-3-5-21(7-32)27(20)39)16-26(38)45-30(42)33-8-22-10-34(17-33,11-23(9-33)28(22)40)31(43)46-36-14-24-12-35(18-36,44-2)13-25(15-36)29(24)41/h20-25H,3-18H2,1-2H3. The van der Waals surface area contributed by atoms with Gasteiger partial charge in [-0.15, -0.1) is 0 Å². The number of ether oxygens (including phenoxy) is 3. The molecule has 248 valence electrons. The van der Waals surface area contributed by atoms with Crippen LogP contribution in [0.1, 0.15) is 110 Å². The summed E-state index contributed by atoms with van der Waals surface area (Å²) in [4.78, 5) is 93.6. The van der Waals surface area contributed by atoms with Gasteiger partial charge in [0.05, 0.1) is 22.9 Å². The summed E-state index contributed by atoms with van der Waals surface area (Å²) < 4.78 is 18.0. The van der Waals surface area contributed by atoms with Gasteiger partial charge in [-0.1, -0.05) is 6.42 Å². The van der Waals surface area contributed by atoms with Gasteiger partial charge < -0.3 is 14.2 Å². The molecule has 0 aliphatic heterocycles. The van der Waals surface area contributed by atoms with E-state index in [1.54, 1.807) is 7.11 Å². The van der Waals surface area contributed by atoms with Gasteiger partial charge in [0.25, 0.3) is 0 Å². The van der Waals surface area contributed by atoms with E-state index < -0.39 is 57.2 Å². The zero-order valence-electron chi connectivity index (χ0n) is 26.9. The molecule has 10 heteroatoms. The second-order valence-corrected chi connectivity index (χ2v) is 17.0. The van der Waals surface area contributed by atoms with Crippen LogP contribution in [0.5, 0.6) is 0 Å². The van der Waals surface area contributed by atoms with Crippen LogP contribution < -0.4 is 0 Å². The second-order valence-electron chi connectivity index (χ2n) is 17.0. The molecule has 0 aromatic heterocycles. The second kappa shape index (κ2) is 9.89. The van der Waals surface area contributed by atoms with E-state index >= 15 is 0 Å². The van der Waals surface area contributed by atoms with Crippen molar-refractivity contribution >= 4 is 41.0 Å². The highest BCUT2D eigenvalue weighted by Gasteiger charge is 2.69. The molecule has 0 heterocycles. The molecule has 46 heavy (non-hydrogen) atoms. The van der Waals surface area contributed by atoms with E-state index in [9.17, 15) is 33.6 Å². The van der Waals surface area contributed by atoms with Gasteiger partial charge in [0.2, 0.25) is 0 Å². The highest BCUT2D eigenvalue weighted by atomic mass is 16.6. The maximum atomic E-state index is 14.3. The van der Waals surface area contributed by atoms with E-state index in [1.807, 2.05) is 0 Å². The summed E-state index contributed by atoms with van der Waals surface area (Å²) in [6, 6.07) is 0. The summed E-state index contributed by atoms with van der Waals surface area (Å²) in [6.07, 6.45) is 6.74. The largest absolute Gasteiger partial charge is 0.458 e. The molecule has 10 saturated carbocycles. The summed E-state index contributed by atoms with van der Waals surface area (Å²) in [7, 11) is 1.66. The molecule has 10 aliphatic rings. The Morgan fingerprint density at radius 3 is 1.63 bits per heavy atom. The molecule has 10 fully saturated rings. The number of hydrogen-bond acceptors (Lipinski definition) is 10. The van der Waals surface area contributed by atoms with Gasteiger partial charge in [0, 0.05) is 54.5 Å². The number of carbonyl (C=O) groups is 7. The Bertz CT molecular complexity index is 1420. The van der Waals surface area contributed by atoms with E-state index in [-0.39, 0.29) is 72.5 Å². The van der Waals surface area contributed by atoms with Crippen LogP contribution in [0.15, 0.2) is 0 Å². The lowest BCUT2D eigenvalue weighted by atomic mass is 9.43. The quantitative estimate of drug-likeness (QED) is 0.296. The van der Waals surface area contributed by atoms with Gasteiger partial charge in [-0.3, -0.25) is 33.6 Å². The van der Waals surface area contributed by atoms with Gasteiger partial charge in [-0.05, 0) is 90.4 Å². The van der Waals surface area contributed by atoms with Crippen molar-refractivity contribution < 1.29 is 47.8 Å². The molecule has 0 radical (unpaired) electrons. The molecule has 0 saturated heterocycles. The lowest BCUT2D eigenvalue weighted by Gasteiger charge is -2.61. The average molecular weight is 637 g/mol. The van der Waals surface area contributed by atoms with Crippen molar-refractivity contribution in [2.45, 2.75) is 121 Å². The molecule has 0 spiro atoms. The SMILES string of the molecule is COC12CC3CC(OC(=O)C45CC6CC(C(=O)OC(=O)CC7(C(C)=O)CC8CCCC(C7)C8=O)(CC(C4)C6=O)C5)(CC(C1)C3=O)C2. The van der Waals surface area contributed by atoms with Gasteiger partial charge in [-0.25, -0.2) is 0 Å². The fourth-order valence-corrected chi connectivity index (χ4v) is 12.5. The number of esters is 3. The molecule has 10 bridgehead atoms. The van der Waals surface area contributed by atoms with Crippen LogP contribution in [0.3, 0.4) is 0 Å². The first kappa shape index (κ1) is 30.6. The van der Waals surface area contributed by atoms with Crippen LogP contribution >= 0.6 is 0 Å². The topological polar surface area (TPSA) is 147 Å². The molecule has 0 N–H and O–H groups in total. The lowest BCUT2D eigenvalue weighted by Crippen LogP contribution is -2.66. The molecule has 0 aromatic carbocycles. The maximum Gasteiger partial charge on any atom is 0.319 e. The van der Waals surface area contributed by atoms with E-state index in [1.165, 1.54) is 6.92 Å². The molecule has 6 atom stereocenters. The minimum Gasteiger partial charge on any atom is -0.458 e. The Morgan fingerprint density at radius 2 is 1.11 bits per heavy atom. The molecule has 0 amide bonds. The van der Waals surface area contributed by atoms with E-state index in [0.717, 1.165) is 6.42 Å². The van der Waals surface area contributed by atoms with Gasteiger partial charge in [0.1, 0.15) is 28.7 Å². The monoisotopic (exact) mass is 636 g/mol. The molecule has 10 nitrogen and oxygen atoms in total. The summed E-state index contributed by atoms with van der Waals surface area (Å²) in [5.41, 5.74) is -4.52. The van der Waals surface area contributed by atoms with Crippen molar-refractivity contribution in [1.29, 1.82) is 0 Å². The molecule has 0 aromatic rings. The number of fused-ring (bicyclic) bond motifs is 2. The molecular weight excluding hydrogens is 592 g/mol. The maximum absolute atomic E-state index is 14.3. The van der Waals surface area contributed by atoms with Crippen molar-refractivity contribution in [3.05, 3.63) is 0 Å². The number of carbonyl (C=O) groups excluding carboxylic acids is 7. The smallest absolute Gasteiger partial charge is 0.319 e. The zero-order chi connectivity index (χ0) is 32.4. The number of rotatable bonds is 7. The van der Waals surface area contributed by atoms with Crippen LogP contribution in [0.4, 0.5) is 0 Å². The Morgan fingerprint density at radius 1 is 0.630 bits per heavy atom. The Balaban J connectivity index is 1.01. The Hall–Kier alpha value is -2.75. The first-order chi connectivity index (χ1) is 21.7. The van der Waals surface area contributed by atoms with E-state index in [2.05, 4.69) is 0 Å². The third kappa shape index (κ3) is 4.33. The van der Waals surface area contributed by atoms with Gasteiger partial charge in [-0.2, -0.15) is 0 Å². The Kier molecular flexibility index (Phi) is 6.57. The average Bonchev–Trinajstić information content (AvgIpc) is 2.98. The van der Waals surface area contributed by atoms with Crippen LogP contribution in [0.25, 0.3) is 0 Å². The minimum absolute atomic E-state index is 0.0607. The minimum atomic E-state index is -1.16. The highest BCUT2D eigenvalue weighted by molar-refractivity contribution is 5.98. The fraction of sp³-hybridized carbons (Fsp3) is 0.806. The van der Waals surface area contributed by atoms with Crippen LogP contribution in [0.2, 0.25) is 0 Å². The van der Waals surface area contributed by atoms with Crippen LogP contribution in [0, 0.1) is 51.8 Å². The first-order valence-electron chi connectivity index (χ1n) is 17.4. The third-order valence-electron chi connectivity index (χ3n) is 14.2. The summed E-state index contributed by atoms with van der Waals surface area (Å²) >= 11 is 0. The van der Waals surface area contributed by atoms with Crippen molar-refractivity contribution in [3.63, 3.8) is 0 Å².